The lowest BCUT2D eigenvalue weighted by molar-refractivity contribution is 0.122. The molecule has 0 radical (unpaired) electrons. The summed E-state index contributed by atoms with van der Waals surface area (Å²) in [5.74, 6) is 0. The molecule has 0 saturated heterocycles. The molecule has 1 fully saturated rings. The van der Waals surface area contributed by atoms with Crippen LogP contribution in [-0.2, 0) is 6.42 Å². The van der Waals surface area contributed by atoms with Gasteiger partial charge in [-0.25, -0.2) is 0 Å². The van der Waals surface area contributed by atoms with Crippen molar-refractivity contribution in [1.29, 1.82) is 0 Å². The summed E-state index contributed by atoms with van der Waals surface area (Å²) < 4.78 is 0. The van der Waals surface area contributed by atoms with Crippen LogP contribution in [-0.4, -0.2) is 23.8 Å². The molecule has 0 bridgehead atoms. The fraction of sp³-hybridized carbons (Fsp3) is 0.692. The largest absolute Gasteiger partial charge is 0.394 e. The van der Waals surface area contributed by atoms with Crippen LogP contribution in [0.5, 0.6) is 0 Å². The number of thiophene rings is 1. The number of rotatable bonds is 5. The fourth-order valence-electron chi connectivity index (χ4n) is 2.53. The Balaban J connectivity index is 1.78. The van der Waals surface area contributed by atoms with E-state index in [1.807, 2.05) is 11.3 Å². The zero-order valence-corrected chi connectivity index (χ0v) is 10.6. The van der Waals surface area contributed by atoms with Crippen molar-refractivity contribution in [2.24, 2.45) is 0 Å². The molecule has 2 N–H and O–H groups in total. The molecular weight excluding hydrogens is 218 g/mol. The summed E-state index contributed by atoms with van der Waals surface area (Å²) in [6, 6.07) is 4.28. The monoisotopic (exact) mass is 239 g/mol. The highest BCUT2D eigenvalue weighted by atomic mass is 32.1. The minimum Gasteiger partial charge on any atom is -0.394 e. The predicted octanol–water partition coefficient (Wildman–Crippen LogP) is 2.58. The van der Waals surface area contributed by atoms with Gasteiger partial charge in [-0.2, -0.15) is 0 Å². The molecule has 0 atom stereocenters. The summed E-state index contributed by atoms with van der Waals surface area (Å²) in [5, 5.41) is 15.2. The Labute approximate surface area is 102 Å². The van der Waals surface area contributed by atoms with Crippen LogP contribution in [0.25, 0.3) is 0 Å². The Kier molecular flexibility index (Phi) is 4.38. The van der Waals surface area contributed by atoms with E-state index in [1.54, 1.807) is 0 Å². The summed E-state index contributed by atoms with van der Waals surface area (Å²) in [6.07, 6.45) is 7.19. The Morgan fingerprint density at radius 3 is 2.75 bits per heavy atom. The summed E-state index contributed by atoms with van der Waals surface area (Å²) in [4.78, 5) is 1.43. The second kappa shape index (κ2) is 5.80. The van der Waals surface area contributed by atoms with E-state index in [0.717, 1.165) is 25.8 Å². The van der Waals surface area contributed by atoms with E-state index in [4.69, 9.17) is 0 Å². The Morgan fingerprint density at radius 2 is 2.12 bits per heavy atom. The molecule has 1 saturated carbocycles. The van der Waals surface area contributed by atoms with Crippen LogP contribution >= 0.6 is 11.3 Å². The maximum absolute atomic E-state index is 9.54. The van der Waals surface area contributed by atoms with E-state index in [0.29, 0.717) is 0 Å². The zero-order chi connectivity index (χ0) is 11.3. The number of hydrogen-bond donors (Lipinski definition) is 2. The molecule has 1 aromatic heterocycles. The van der Waals surface area contributed by atoms with Crippen LogP contribution in [0.1, 0.15) is 37.0 Å². The Hall–Kier alpha value is -0.380. The third kappa shape index (κ3) is 3.06. The van der Waals surface area contributed by atoms with Gasteiger partial charge < -0.3 is 10.4 Å². The van der Waals surface area contributed by atoms with Gasteiger partial charge in [0.15, 0.2) is 0 Å². The lowest BCUT2D eigenvalue weighted by Gasteiger charge is -2.36. The smallest absolute Gasteiger partial charge is 0.0613 e. The van der Waals surface area contributed by atoms with E-state index in [-0.39, 0.29) is 12.1 Å². The van der Waals surface area contributed by atoms with Crippen LogP contribution in [0.4, 0.5) is 0 Å². The fourth-order valence-corrected chi connectivity index (χ4v) is 3.23. The highest BCUT2D eigenvalue weighted by molar-refractivity contribution is 7.09. The van der Waals surface area contributed by atoms with Crippen molar-refractivity contribution >= 4 is 11.3 Å². The second-order valence-corrected chi connectivity index (χ2v) is 5.79. The number of aliphatic hydroxyl groups is 1. The highest BCUT2D eigenvalue weighted by Gasteiger charge is 2.30. The van der Waals surface area contributed by atoms with Gasteiger partial charge >= 0.3 is 0 Å². The molecule has 3 heteroatoms. The van der Waals surface area contributed by atoms with E-state index < -0.39 is 0 Å². The van der Waals surface area contributed by atoms with Crippen molar-refractivity contribution in [3.05, 3.63) is 22.4 Å². The first-order chi connectivity index (χ1) is 7.85. The topological polar surface area (TPSA) is 32.3 Å². The standard InChI is InChI=1S/C13H21NOS/c15-11-13(7-2-1-3-8-13)14-9-6-12-5-4-10-16-12/h4-5,10,14-15H,1-3,6-9,11H2. The maximum atomic E-state index is 9.54. The van der Waals surface area contributed by atoms with Crippen molar-refractivity contribution < 1.29 is 5.11 Å². The van der Waals surface area contributed by atoms with E-state index >= 15 is 0 Å². The first-order valence-electron chi connectivity index (χ1n) is 6.23. The van der Waals surface area contributed by atoms with Gasteiger partial charge in [0.2, 0.25) is 0 Å². The number of nitrogens with one attached hydrogen (secondary N) is 1. The molecule has 1 heterocycles. The molecule has 1 aliphatic rings. The number of aliphatic hydroxyl groups excluding tert-OH is 1. The van der Waals surface area contributed by atoms with Gasteiger partial charge in [-0.05, 0) is 30.7 Å². The summed E-state index contributed by atoms with van der Waals surface area (Å²) in [7, 11) is 0. The second-order valence-electron chi connectivity index (χ2n) is 4.76. The molecule has 1 aliphatic carbocycles. The Morgan fingerprint density at radius 1 is 1.31 bits per heavy atom. The van der Waals surface area contributed by atoms with Gasteiger partial charge in [0, 0.05) is 17.0 Å². The van der Waals surface area contributed by atoms with Crippen LogP contribution in [0.15, 0.2) is 17.5 Å². The van der Waals surface area contributed by atoms with Crippen molar-refractivity contribution in [2.75, 3.05) is 13.2 Å². The lowest BCUT2D eigenvalue weighted by atomic mass is 9.82. The van der Waals surface area contributed by atoms with Gasteiger partial charge in [-0.1, -0.05) is 25.3 Å². The average molecular weight is 239 g/mol. The summed E-state index contributed by atoms with van der Waals surface area (Å²) >= 11 is 1.81. The van der Waals surface area contributed by atoms with Gasteiger partial charge in [0.25, 0.3) is 0 Å². The molecule has 90 valence electrons. The molecule has 0 aliphatic heterocycles. The molecule has 16 heavy (non-hydrogen) atoms. The maximum Gasteiger partial charge on any atom is 0.0613 e. The lowest BCUT2D eigenvalue weighted by Crippen LogP contribution is -2.50. The Bertz CT molecular complexity index is 291. The van der Waals surface area contributed by atoms with Crippen LogP contribution < -0.4 is 5.32 Å². The van der Waals surface area contributed by atoms with Crippen molar-refractivity contribution in [2.45, 2.75) is 44.1 Å². The molecule has 1 aromatic rings. The first kappa shape index (κ1) is 12.1. The van der Waals surface area contributed by atoms with Crippen LogP contribution in [0.3, 0.4) is 0 Å². The third-order valence-electron chi connectivity index (χ3n) is 3.56. The van der Waals surface area contributed by atoms with Crippen molar-refractivity contribution in [3.63, 3.8) is 0 Å². The van der Waals surface area contributed by atoms with Crippen LogP contribution in [0, 0.1) is 0 Å². The summed E-state index contributed by atoms with van der Waals surface area (Å²) in [5.41, 5.74) is 0.0233. The van der Waals surface area contributed by atoms with E-state index in [2.05, 4.69) is 22.8 Å². The molecule has 0 aromatic carbocycles. The summed E-state index contributed by atoms with van der Waals surface area (Å²) in [6.45, 7) is 1.28. The molecule has 0 unspecified atom stereocenters. The minimum absolute atomic E-state index is 0.0233. The molecule has 0 amide bonds. The molecule has 2 rings (SSSR count). The van der Waals surface area contributed by atoms with Crippen LogP contribution in [0.2, 0.25) is 0 Å². The zero-order valence-electron chi connectivity index (χ0n) is 9.74. The number of hydrogen-bond acceptors (Lipinski definition) is 3. The third-order valence-corrected chi connectivity index (χ3v) is 4.50. The van der Waals surface area contributed by atoms with Crippen molar-refractivity contribution in [3.8, 4) is 0 Å². The van der Waals surface area contributed by atoms with E-state index in [9.17, 15) is 5.11 Å². The molecular formula is C13H21NOS. The predicted molar refractivity (Wildman–Crippen MR) is 68.9 cm³/mol. The average Bonchev–Trinajstić information content (AvgIpc) is 2.83. The highest BCUT2D eigenvalue weighted by Crippen LogP contribution is 2.27. The van der Waals surface area contributed by atoms with E-state index in [1.165, 1.54) is 24.1 Å². The van der Waals surface area contributed by atoms with Gasteiger partial charge in [-0.15, -0.1) is 11.3 Å². The van der Waals surface area contributed by atoms with Gasteiger partial charge in [0.1, 0.15) is 0 Å². The molecule has 0 spiro atoms. The minimum atomic E-state index is 0.0233. The quantitative estimate of drug-likeness (QED) is 0.828. The van der Waals surface area contributed by atoms with Crippen molar-refractivity contribution in [1.82, 2.24) is 5.32 Å². The first-order valence-corrected chi connectivity index (χ1v) is 7.11. The van der Waals surface area contributed by atoms with Gasteiger partial charge in [0.05, 0.1) is 6.61 Å². The SMILES string of the molecule is OCC1(NCCc2cccs2)CCCCC1. The van der Waals surface area contributed by atoms with Gasteiger partial charge in [-0.3, -0.25) is 0 Å². The normalized spacial score (nSPS) is 19.8. The molecule has 2 nitrogen and oxygen atoms in total.